The molecule has 0 aliphatic heterocycles. The Kier molecular flexibility index (Phi) is 7.70. The number of esters is 2. The van der Waals surface area contributed by atoms with E-state index in [-0.39, 0.29) is 18.9 Å². The summed E-state index contributed by atoms with van der Waals surface area (Å²) >= 11 is 0. The van der Waals surface area contributed by atoms with Crippen molar-refractivity contribution in [3.63, 3.8) is 0 Å². The standard InChI is InChI=1S/C31H33NO4/c1-5-13-25(29(33)35-4)28(30(34)36-20-21(2)3)32-31(22-14-7-6-8-15-22)26-18-11-9-16-23(26)24-17-10-12-19-27(24)31/h5-12,14-19,21,25,28,32H,1,13,20H2,2-4H3/t25?,28-/m0/s1. The van der Waals surface area contributed by atoms with Crippen LogP contribution in [0, 0.1) is 11.8 Å². The quantitative estimate of drug-likeness (QED) is 0.306. The summed E-state index contributed by atoms with van der Waals surface area (Å²) in [6.07, 6.45) is 1.90. The highest BCUT2D eigenvalue weighted by Gasteiger charge is 2.49. The third kappa shape index (κ3) is 4.59. The van der Waals surface area contributed by atoms with Crippen LogP contribution in [0.3, 0.4) is 0 Å². The summed E-state index contributed by atoms with van der Waals surface area (Å²) in [6.45, 7) is 8.04. The van der Waals surface area contributed by atoms with Gasteiger partial charge in [-0.2, -0.15) is 0 Å². The number of hydrogen-bond donors (Lipinski definition) is 1. The minimum atomic E-state index is -0.978. The van der Waals surface area contributed by atoms with Crippen LogP contribution in [0.2, 0.25) is 0 Å². The number of hydrogen-bond acceptors (Lipinski definition) is 5. The molecule has 1 aliphatic carbocycles. The van der Waals surface area contributed by atoms with Crippen LogP contribution in [-0.2, 0) is 24.6 Å². The first-order valence-electron chi connectivity index (χ1n) is 12.3. The molecule has 3 aromatic carbocycles. The highest BCUT2D eigenvalue weighted by Crippen LogP contribution is 2.51. The van der Waals surface area contributed by atoms with E-state index in [2.05, 4.69) is 36.2 Å². The maximum Gasteiger partial charge on any atom is 0.324 e. The van der Waals surface area contributed by atoms with E-state index in [0.29, 0.717) is 0 Å². The van der Waals surface area contributed by atoms with Crippen LogP contribution in [0.15, 0.2) is 91.5 Å². The van der Waals surface area contributed by atoms with E-state index in [1.165, 1.54) is 7.11 Å². The Morgan fingerprint density at radius 3 is 1.97 bits per heavy atom. The first kappa shape index (κ1) is 25.4. The molecule has 4 rings (SSSR count). The van der Waals surface area contributed by atoms with Gasteiger partial charge in [0.25, 0.3) is 0 Å². The molecule has 0 spiro atoms. The number of benzene rings is 3. The number of carbonyl (C=O) groups excluding carboxylic acids is 2. The fourth-order valence-electron chi connectivity index (χ4n) is 5.07. The van der Waals surface area contributed by atoms with E-state index in [9.17, 15) is 9.59 Å². The van der Waals surface area contributed by atoms with Crippen molar-refractivity contribution in [2.24, 2.45) is 11.8 Å². The summed E-state index contributed by atoms with van der Waals surface area (Å²) < 4.78 is 10.8. The molecular weight excluding hydrogens is 450 g/mol. The lowest BCUT2D eigenvalue weighted by Gasteiger charge is -2.38. The highest BCUT2D eigenvalue weighted by atomic mass is 16.5. The molecule has 186 valence electrons. The Hall–Kier alpha value is -3.70. The van der Waals surface area contributed by atoms with Gasteiger partial charge in [0.1, 0.15) is 6.04 Å². The van der Waals surface area contributed by atoms with Crippen molar-refractivity contribution in [1.29, 1.82) is 0 Å². The zero-order chi connectivity index (χ0) is 25.7. The van der Waals surface area contributed by atoms with E-state index < -0.39 is 29.4 Å². The zero-order valence-corrected chi connectivity index (χ0v) is 21.1. The largest absolute Gasteiger partial charge is 0.469 e. The Labute approximate surface area is 213 Å². The molecule has 5 heteroatoms. The Bertz CT molecular complexity index is 1190. The van der Waals surface area contributed by atoms with Gasteiger partial charge in [-0.1, -0.05) is 98.8 Å². The summed E-state index contributed by atoms with van der Waals surface area (Å²) in [6, 6.07) is 25.4. The SMILES string of the molecule is C=CCC(C(=O)OC)[C@H](NC1(c2ccccc2)c2ccccc2-c2ccccc21)C(=O)OCC(C)C. The van der Waals surface area contributed by atoms with Crippen molar-refractivity contribution in [3.8, 4) is 11.1 Å². The molecule has 1 aliphatic rings. The van der Waals surface area contributed by atoms with Gasteiger partial charge in [-0.25, -0.2) is 0 Å². The number of methoxy groups -OCH3 is 1. The molecule has 0 heterocycles. The normalized spacial score (nSPS) is 14.9. The van der Waals surface area contributed by atoms with Crippen LogP contribution in [-0.4, -0.2) is 31.7 Å². The number of allylic oxidation sites excluding steroid dienone is 1. The Morgan fingerprint density at radius 2 is 1.44 bits per heavy atom. The predicted molar refractivity (Wildman–Crippen MR) is 141 cm³/mol. The van der Waals surface area contributed by atoms with Gasteiger partial charge in [-0.15, -0.1) is 6.58 Å². The average molecular weight is 484 g/mol. The minimum Gasteiger partial charge on any atom is -0.469 e. The van der Waals surface area contributed by atoms with Crippen LogP contribution in [0.25, 0.3) is 11.1 Å². The van der Waals surface area contributed by atoms with Crippen molar-refractivity contribution in [2.45, 2.75) is 31.8 Å². The van der Waals surface area contributed by atoms with Crippen LogP contribution in [0.1, 0.15) is 37.0 Å². The third-order valence-electron chi connectivity index (χ3n) is 6.67. The highest BCUT2D eigenvalue weighted by molar-refractivity contribution is 5.87. The second-order valence-electron chi connectivity index (χ2n) is 9.51. The first-order chi connectivity index (χ1) is 17.4. The average Bonchev–Trinajstić information content (AvgIpc) is 3.20. The molecule has 0 aromatic heterocycles. The lowest BCUT2D eigenvalue weighted by molar-refractivity contribution is -0.157. The number of ether oxygens (including phenoxy) is 2. The summed E-state index contributed by atoms with van der Waals surface area (Å²) in [5, 5.41) is 3.66. The van der Waals surface area contributed by atoms with Crippen molar-refractivity contribution in [2.75, 3.05) is 13.7 Å². The lowest BCUT2D eigenvalue weighted by atomic mass is 9.78. The Balaban J connectivity index is 1.94. The van der Waals surface area contributed by atoms with E-state index >= 15 is 0 Å². The molecule has 0 saturated heterocycles. The molecule has 3 aromatic rings. The van der Waals surface area contributed by atoms with Crippen LogP contribution in [0.4, 0.5) is 0 Å². The molecule has 0 fully saturated rings. The van der Waals surface area contributed by atoms with Crippen molar-refractivity contribution < 1.29 is 19.1 Å². The van der Waals surface area contributed by atoms with Gasteiger partial charge in [-0.3, -0.25) is 14.9 Å². The second-order valence-corrected chi connectivity index (χ2v) is 9.51. The molecule has 5 nitrogen and oxygen atoms in total. The predicted octanol–water partition coefficient (Wildman–Crippen LogP) is 5.48. The van der Waals surface area contributed by atoms with Crippen LogP contribution >= 0.6 is 0 Å². The molecule has 0 amide bonds. The van der Waals surface area contributed by atoms with Gasteiger partial charge < -0.3 is 9.47 Å². The topological polar surface area (TPSA) is 64.6 Å². The van der Waals surface area contributed by atoms with Gasteiger partial charge in [0.15, 0.2) is 0 Å². The maximum absolute atomic E-state index is 13.6. The molecule has 0 bridgehead atoms. The van der Waals surface area contributed by atoms with Crippen molar-refractivity contribution in [1.82, 2.24) is 5.32 Å². The molecule has 1 unspecified atom stereocenters. The molecule has 36 heavy (non-hydrogen) atoms. The summed E-state index contributed by atoms with van der Waals surface area (Å²) in [5.74, 6) is -1.64. The van der Waals surface area contributed by atoms with Gasteiger partial charge >= 0.3 is 11.9 Å². The lowest BCUT2D eigenvalue weighted by Crippen LogP contribution is -2.56. The monoisotopic (exact) mass is 483 g/mol. The van der Waals surface area contributed by atoms with E-state index in [1.54, 1.807) is 6.08 Å². The van der Waals surface area contributed by atoms with Crippen molar-refractivity contribution >= 4 is 11.9 Å². The van der Waals surface area contributed by atoms with Crippen molar-refractivity contribution in [3.05, 3.63) is 108 Å². The molecule has 1 N–H and O–H groups in total. The molecular formula is C31H33NO4. The number of rotatable bonds is 10. The van der Waals surface area contributed by atoms with Crippen LogP contribution in [0.5, 0.6) is 0 Å². The molecule has 0 radical (unpaired) electrons. The second kappa shape index (κ2) is 10.9. The summed E-state index contributed by atoms with van der Waals surface area (Å²) in [7, 11) is 1.34. The number of carbonyl (C=O) groups is 2. The minimum absolute atomic E-state index is 0.154. The van der Waals surface area contributed by atoms with Gasteiger partial charge in [-0.05, 0) is 40.2 Å². The molecule has 2 atom stereocenters. The Morgan fingerprint density at radius 1 is 0.889 bits per heavy atom. The zero-order valence-electron chi connectivity index (χ0n) is 21.1. The van der Waals surface area contributed by atoms with E-state index in [0.717, 1.165) is 27.8 Å². The van der Waals surface area contributed by atoms with Gasteiger partial charge in [0.2, 0.25) is 0 Å². The summed E-state index contributed by atoms with van der Waals surface area (Å²) in [4.78, 5) is 26.6. The number of fused-ring (bicyclic) bond motifs is 3. The maximum atomic E-state index is 13.6. The van der Waals surface area contributed by atoms with Crippen LogP contribution < -0.4 is 5.32 Å². The third-order valence-corrected chi connectivity index (χ3v) is 6.67. The van der Waals surface area contributed by atoms with E-state index in [1.807, 2.05) is 68.4 Å². The smallest absolute Gasteiger partial charge is 0.324 e. The van der Waals surface area contributed by atoms with Gasteiger partial charge in [0.05, 0.1) is 25.2 Å². The first-order valence-corrected chi connectivity index (χ1v) is 12.3. The fraction of sp³-hybridized carbons (Fsp3) is 0.290. The number of nitrogens with one attached hydrogen (secondary N) is 1. The summed E-state index contributed by atoms with van der Waals surface area (Å²) in [5.41, 5.74) is 4.27. The fourth-order valence-corrected chi connectivity index (χ4v) is 5.07. The molecule has 0 saturated carbocycles. The van der Waals surface area contributed by atoms with Gasteiger partial charge in [0, 0.05) is 0 Å². The van der Waals surface area contributed by atoms with E-state index in [4.69, 9.17) is 9.47 Å².